The van der Waals surface area contributed by atoms with Crippen LogP contribution in [-0.2, 0) is 0 Å². The summed E-state index contributed by atoms with van der Waals surface area (Å²) in [5.74, 6) is 0. The highest BCUT2D eigenvalue weighted by Gasteiger charge is 2.28. The van der Waals surface area contributed by atoms with Gasteiger partial charge >= 0.3 is 6.03 Å². The van der Waals surface area contributed by atoms with Crippen LogP contribution in [0, 0.1) is 0 Å². The first-order valence-corrected chi connectivity index (χ1v) is 7.15. The molecule has 4 heteroatoms. The standard InChI is InChI=1S/C14H29N3O/c1-11(2)15-7-9-16(10-8-15)14(18)17(12(3)4)13(5)6/h11-13H,7-10H2,1-6H3. The highest BCUT2D eigenvalue weighted by atomic mass is 16.2. The van der Waals surface area contributed by atoms with Crippen LogP contribution >= 0.6 is 0 Å². The Morgan fingerprint density at radius 3 is 1.67 bits per heavy atom. The molecule has 0 aromatic heterocycles. The first-order chi connectivity index (χ1) is 8.34. The smallest absolute Gasteiger partial charge is 0.320 e. The molecule has 0 aliphatic carbocycles. The molecule has 1 rings (SSSR count). The van der Waals surface area contributed by atoms with Crippen molar-refractivity contribution in [1.82, 2.24) is 14.7 Å². The fourth-order valence-corrected chi connectivity index (χ4v) is 2.63. The quantitative estimate of drug-likeness (QED) is 0.773. The van der Waals surface area contributed by atoms with Crippen molar-refractivity contribution in [2.24, 2.45) is 0 Å². The maximum absolute atomic E-state index is 12.5. The Morgan fingerprint density at radius 1 is 0.889 bits per heavy atom. The monoisotopic (exact) mass is 255 g/mol. The van der Waals surface area contributed by atoms with Crippen molar-refractivity contribution in [3.05, 3.63) is 0 Å². The van der Waals surface area contributed by atoms with Gasteiger partial charge in [-0.15, -0.1) is 0 Å². The molecular weight excluding hydrogens is 226 g/mol. The third-order valence-corrected chi connectivity index (χ3v) is 3.65. The van der Waals surface area contributed by atoms with Crippen molar-refractivity contribution in [1.29, 1.82) is 0 Å². The van der Waals surface area contributed by atoms with Gasteiger partial charge in [-0.1, -0.05) is 0 Å². The third-order valence-electron chi connectivity index (χ3n) is 3.65. The van der Waals surface area contributed by atoms with Gasteiger partial charge in [0, 0.05) is 44.3 Å². The van der Waals surface area contributed by atoms with Crippen LogP contribution < -0.4 is 0 Å². The van der Waals surface area contributed by atoms with Crippen molar-refractivity contribution in [2.45, 2.75) is 59.7 Å². The number of urea groups is 1. The maximum atomic E-state index is 12.5. The molecule has 1 aliphatic rings. The van der Waals surface area contributed by atoms with E-state index in [1.807, 2.05) is 9.80 Å². The lowest BCUT2D eigenvalue weighted by Gasteiger charge is -2.41. The molecule has 1 fully saturated rings. The largest absolute Gasteiger partial charge is 0.322 e. The van der Waals surface area contributed by atoms with Crippen LogP contribution in [-0.4, -0.2) is 65.0 Å². The Balaban J connectivity index is 2.58. The normalized spacial score (nSPS) is 17.9. The molecule has 106 valence electrons. The molecule has 1 saturated heterocycles. The average molecular weight is 255 g/mol. The minimum atomic E-state index is 0.198. The average Bonchev–Trinajstić information content (AvgIpc) is 2.28. The van der Waals surface area contributed by atoms with Crippen molar-refractivity contribution in [3.63, 3.8) is 0 Å². The lowest BCUT2D eigenvalue weighted by molar-refractivity contribution is 0.0846. The van der Waals surface area contributed by atoms with Crippen LogP contribution in [0.4, 0.5) is 4.79 Å². The van der Waals surface area contributed by atoms with E-state index in [9.17, 15) is 4.79 Å². The summed E-state index contributed by atoms with van der Waals surface area (Å²) in [5.41, 5.74) is 0. The van der Waals surface area contributed by atoms with E-state index in [4.69, 9.17) is 0 Å². The molecule has 0 saturated carbocycles. The fraction of sp³-hybridized carbons (Fsp3) is 0.929. The van der Waals surface area contributed by atoms with Gasteiger partial charge in [0.25, 0.3) is 0 Å². The van der Waals surface area contributed by atoms with E-state index < -0.39 is 0 Å². The first-order valence-electron chi connectivity index (χ1n) is 7.15. The van der Waals surface area contributed by atoms with E-state index in [1.54, 1.807) is 0 Å². The lowest BCUT2D eigenvalue weighted by atomic mass is 10.2. The number of piperazine rings is 1. The lowest BCUT2D eigenvalue weighted by Crippen LogP contribution is -2.56. The summed E-state index contributed by atoms with van der Waals surface area (Å²) in [5, 5.41) is 0. The molecule has 1 aliphatic heterocycles. The molecule has 0 atom stereocenters. The van der Waals surface area contributed by atoms with E-state index in [0.29, 0.717) is 6.04 Å². The van der Waals surface area contributed by atoms with Crippen molar-refractivity contribution >= 4 is 6.03 Å². The fourth-order valence-electron chi connectivity index (χ4n) is 2.63. The van der Waals surface area contributed by atoms with Gasteiger partial charge in [0.1, 0.15) is 0 Å². The first kappa shape index (κ1) is 15.3. The summed E-state index contributed by atoms with van der Waals surface area (Å²) < 4.78 is 0. The minimum Gasteiger partial charge on any atom is -0.322 e. The summed E-state index contributed by atoms with van der Waals surface area (Å²) in [4.78, 5) is 18.9. The van der Waals surface area contributed by atoms with Gasteiger partial charge in [-0.2, -0.15) is 0 Å². The van der Waals surface area contributed by atoms with Crippen LogP contribution in [0.3, 0.4) is 0 Å². The van der Waals surface area contributed by atoms with E-state index in [0.717, 1.165) is 26.2 Å². The van der Waals surface area contributed by atoms with Crippen molar-refractivity contribution in [3.8, 4) is 0 Å². The SMILES string of the molecule is CC(C)N1CCN(C(=O)N(C(C)C)C(C)C)CC1. The van der Waals surface area contributed by atoms with Crippen LogP contribution in [0.25, 0.3) is 0 Å². The zero-order valence-corrected chi connectivity index (χ0v) is 12.8. The molecule has 0 bridgehead atoms. The van der Waals surface area contributed by atoms with Gasteiger partial charge < -0.3 is 9.80 Å². The number of rotatable bonds is 3. The Bertz CT molecular complexity index is 260. The van der Waals surface area contributed by atoms with Crippen LogP contribution in [0.5, 0.6) is 0 Å². The highest BCUT2D eigenvalue weighted by Crippen LogP contribution is 2.13. The molecule has 0 aromatic rings. The van der Waals surface area contributed by atoms with Crippen LogP contribution in [0.1, 0.15) is 41.5 Å². The number of carbonyl (C=O) groups is 1. The number of hydrogen-bond donors (Lipinski definition) is 0. The molecule has 0 unspecified atom stereocenters. The van der Waals surface area contributed by atoms with E-state index in [1.165, 1.54) is 0 Å². The summed E-state index contributed by atoms with van der Waals surface area (Å²) in [6.07, 6.45) is 0. The second-order valence-corrected chi connectivity index (χ2v) is 5.99. The second kappa shape index (κ2) is 6.41. The minimum absolute atomic E-state index is 0.198. The van der Waals surface area contributed by atoms with Gasteiger partial charge in [-0.3, -0.25) is 4.90 Å². The molecule has 18 heavy (non-hydrogen) atoms. The van der Waals surface area contributed by atoms with Gasteiger partial charge in [0.15, 0.2) is 0 Å². The Kier molecular flexibility index (Phi) is 5.45. The molecule has 0 N–H and O–H groups in total. The summed E-state index contributed by atoms with van der Waals surface area (Å²) in [7, 11) is 0. The molecule has 0 radical (unpaired) electrons. The van der Waals surface area contributed by atoms with E-state index in [2.05, 4.69) is 46.4 Å². The van der Waals surface area contributed by atoms with Gasteiger partial charge in [0.05, 0.1) is 0 Å². The van der Waals surface area contributed by atoms with Gasteiger partial charge in [-0.05, 0) is 41.5 Å². The molecule has 4 nitrogen and oxygen atoms in total. The predicted molar refractivity (Wildman–Crippen MR) is 75.8 cm³/mol. The molecule has 0 aromatic carbocycles. The van der Waals surface area contributed by atoms with Crippen molar-refractivity contribution in [2.75, 3.05) is 26.2 Å². The van der Waals surface area contributed by atoms with Gasteiger partial charge in [-0.25, -0.2) is 4.79 Å². The second-order valence-electron chi connectivity index (χ2n) is 5.99. The summed E-state index contributed by atoms with van der Waals surface area (Å²) in [6.45, 7) is 16.5. The third kappa shape index (κ3) is 3.61. The number of hydrogen-bond acceptors (Lipinski definition) is 2. The summed E-state index contributed by atoms with van der Waals surface area (Å²) >= 11 is 0. The van der Waals surface area contributed by atoms with Crippen LogP contribution in [0.2, 0.25) is 0 Å². The Morgan fingerprint density at radius 2 is 1.33 bits per heavy atom. The van der Waals surface area contributed by atoms with Crippen LogP contribution in [0.15, 0.2) is 0 Å². The zero-order chi connectivity index (χ0) is 13.9. The van der Waals surface area contributed by atoms with E-state index in [-0.39, 0.29) is 18.1 Å². The maximum Gasteiger partial charge on any atom is 0.320 e. The number of amides is 2. The number of nitrogens with zero attached hydrogens (tertiary/aromatic N) is 3. The predicted octanol–water partition coefficient (Wildman–Crippen LogP) is 2.25. The Hall–Kier alpha value is -0.770. The highest BCUT2D eigenvalue weighted by molar-refractivity contribution is 5.75. The topological polar surface area (TPSA) is 26.8 Å². The van der Waals surface area contributed by atoms with Gasteiger partial charge in [0.2, 0.25) is 0 Å². The summed E-state index contributed by atoms with van der Waals surface area (Å²) in [6, 6.07) is 1.30. The number of carbonyl (C=O) groups excluding carboxylic acids is 1. The van der Waals surface area contributed by atoms with Crippen molar-refractivity contribution < 1.29 is 4.79 Å². The zero-order valence-electron chi connectivity index (χ0n) is 12.8. The molecule has 1 heterocycles. The van der Waals surface area contributed by atoms with E-state index >= 15 is 0 Å². The molecular formula is C14H29N3O. The Labute approximate surface area is 112 Å². The molecule has 0 spiro atoms. The molecule has 2 amide bonds.